The first-order valence-electron chi connectivity index (χ1n) is 5.81. The number of hydrogen-bond donors (Lipinski definition) is 0. The second-order valence-electron chi connectivity index (χ2n) is 3.96. The van der Waals surface area contributed by atoms with Gasteiger partial charge < -0.3 is 0 Å². The van der Waals surface area contributed by atoms with Crippen molar-refractivity contribution in [1.82, 2.24) is 0 Å². The molecule has 0 saturated carbocycles. The largest absolute Gasteiger partial charge is 0.272 e. The molecule has 2 rings (SSSR count). The van der Waals surface area contributed by atoms with E-state index in [0.717, 1.165) is 15.4 Å². The van der Waals surface area contributed by atoms with Crippen LogP contribution in [0, 0.1) is 10.1 Å². The molecule has 19 heavy (non-hydrogen) atoms. The summed E-state index contributed by atoms with van der Waals surface area (Å²) in [4.78, 5) is 12.6. The van der Waals surface area contributed by atoms with Crippen molar-refractivity contribution in [2.75, 3.05) is 0 Å². The van der Waals surface area contributed by atoms with E-state index in [0.29, 0.717) is 11.4 Å². The maximum absolute atomic E-state index is 10.9. The van der Waals surface area contributed by atoms with Crippen LogP contribution in [0.1, 0.15) is 12.5 Å². The van der Waals surface area contributed by atoms with Gasteiger partial charge in [-0.15, -0.1) is 0 Å². The first-order chi connectivity index (χ1) is 9.10. The van der Waals surface area contributed by atoms with Gasteiger partial charge >= 0.3 is 0 Å². The van der Waals surface area contributed by atoms with Gasteiger partial charge in [0.05, 0.1) is 4.92 Å². The van der Waals surface area contributed by atoms with Crippen molar-refractivity contribution in [2.45, 2.75) is 23.1 Å². The molecule has 0 aromatic heterocycles. The molecular weight excluding hydrogens is 282 g/mol. The predicted octanol–water partition coefficient (Wildman–Crippen LogP) is 4.96. The SMILES string of the molecule is CCc1cc(Sc2ccc(Cl)cc2)ccc1[N+](=O)[O-]. The molecule has 0 amide bonds. The number of hydrogen-bond acceptors (Lipinski definition) is 3. The third kappa shape index (κ3) is 3.49. The molecule has 0 spiro atoms. The van der Waals surface area contributed by atoms with E-state index in [1.807, 2.05) is 37.3 Å². The Morgan fingerprint density at radius 3 is 2.37 bits per heavy atom. The van der Waals surface area contributed by atoms with Crippen molar-refractivity contribution in [3.8, 4) is 0 Å². The van der Waals surface area contributed by atoms with Crippen LogP contribution < -0.4 is 0 Å². The van der Waals surface area contributed by atoms with Crippen molar-refractivity contribution in [3.05, 3.63) is 63.2 Å². The van der Waals surface area contributed by atoms with E-state index in [9.17, 15) is 10.1 Å². The lowest BCUT2D eigenvalue weighted by molar-refractivity contribution is -0.385. The molecule has 5 heteroatoms. The lowest BCUT2D eigenvalue weighted by Gasteiger charge is -2.05. The van der Waals surface area contributed by atoms with Crippen molar-refractivity contribution in [3.63, 3.8) is 0 Å². The van der Waals surface area contributed by atoms with Crippen LogP contribution in [0.5, 0.6) is 0 Å². The molecule has 0 aliphatic heterocycles. The van der Waals surface area contributed by atoms with Crippen molar-refractivity contribution < 1.29 is 4.92 Å². The lowest BCUT2D eigenvalue weighted by atomic mass is 10.1. The number of rotatable bonds is 4. The van der Waals surface area contributed by atoms with E-state index in [4.69, 9.17) is 11.6 Å². The van der Waals surface area contributed by atoms with E-state index in [1.54, 1.807) is 23.9 Å². The second-order valence-corrected chi connectivity index (χ2v) is 5.54. The lowest BCUT2D eigenvalue weighted by Crippen LogP contribution is -1.94. The molecule has 0 radical (unpaired) electrons. The van der Waals surface area contributed by atoms with Crippen LogP contribution in [-0.2, 0) is 6.42 Å². The fourth-order valence-corrected chi connectivity index (χ4v) is 2.73. The monoisotopic (exact) mass is 293 g/mol. The maximum Gasteiger partial charge on any atom is 0.272 e. The molecule has 0 heterocycles. The van der Waals surface area contributed by atoms with Crippen LogP contribution in [0.3, 0.4) is 0 Å². The van der Waals surface area contributed by atoms with Gasteiger partial charge in [0.2, 0.25) is 0 Å². The maximum atomic E-state index is 10.9. The Labute approximate surface area is 120 Å². The highest BCUT2D eigenvalue weighted by Crippen LogP contribution is 2.32. The summed E-state index contributed by atoms with van der Waals surface area (Å²) < 4.78 is 0. The molecule has 0 fully saturated rings. The number of aryl methyl sites for hydroxylation is 1. The molecule has 0 saturated heterocycles. The molecule has 2 aromatic carbocycles. The minimum atomic E-state index is -0.338. The predicted molar refractivity (Wildman–Crippen MR) is 78.0 cm³/mol. The average Bonchev–Trinajstić information content (AvgIpc) is 2.41. The minimum Gasteiger partial charge on any atom is -0.258 e. The molecular formula is C14H12ClNO2S. The summed E-state index contributed by atoms with van der Waals surface area (Å²) in [5, 5.41) is 11.6. The van der Waals surface area contributed by atoms with Gasteiger partial charge in [-0.1, -0.05) is 30.3 Å². The zero-order valence-electron chi connectivity index (χ0n) is 10.3. The smallest absolute Gasteiger partial charge is 0.258 e. The Bertz CT molecular complexity index is 599. The van der Waals surface area contributed by atoms with E-state index >= 15 is 0 Å². The summed E-state index contributed by atoms with van der Waals surface area (Å²) in [5.41, 5.74) is 0.937. The molecule has 98 valence electrons. The van der Waals surface area contributed by atoms with Crippen LogP contribution in [0.25, 0.3) is 0 Å². The standard InChI is InChI=1S/C14H12ClNO2S/c1-2-10-9-13(7-8-14(10)16(17)18)19-12-5-3-11(15)4-6-12/h3-9H,2H2,1H3. The van der Waals surface area contributed by atoms with Crippen LogP contribution in [-0.4, -0.2) is 4.92 Å². The van der Waals surface area contributed by atoms with Gasteiger partial charge in [0, 0.05) is 26.4 Å². The van der Waals surface area contributed by atoms with Gasteiger partial charge in [0.1, 0.15) is 0 Å². The second kappa shape index (κ2) is 6.08. The Hall–Kier alpha value is -1.52. The van der Waals surface area contributed by atoms with Crippen LogP contribution in [0.4, 0.5) is 5.69 Å². The number of nitro benzene ring substituents is 1. The summed E-state index contributed by atoms with van der Waals surface area (Å²) in [6.07, 6.45) is 0.644. The van der Waals surface area contributed by atoms with Gasteiger partial charge in [-0.3, -0.25) is 10.1 Å². The molecule has 0 bridgehead atoms. The summed E-state index contributed by atoms with van der Waals surface area (Å²) in [6.45, 7) is 1.92. The third-order valence-electron chi connectivity index (χ3n) is 2.68. The average molecular weight is 294 g/mol. The van der Waals surface area contributed by atoms with Gasteiger partial charge in [0.15, 0.2) is 0 Å². The molecule has 0 N–H and O–H groups in total. The zero-order valence-corrected chi connectivity index (χ0v) is 11.9. The Kier molecular flexibility index (Phi) is 4.45. The molecule has 3 nitrogen and oxygen atoms in total. The van der Waals surface area contributed by atoms with Gasteiger partial charge in [-0.25, -0.2) is 0 Å². The number of benzene rings is 2. The first kappa shape index (κ1) is 13.9. The first-order valence-corrected chi connectivity index (χ1v) is 7.00. The highest BCUT2D eigenvalue weighted by molar-refractivity contribution is 7.99. The zero-order chi connectivity index (χ0) is 13.8. The summed E-state index contributed by atoms with van der Waals surface area (Å²) >= 11 is 7.40. The highest BCUT2D eigenvalue weighted by atomic mass is 35.5. The van der Waals surface area contributed by atoms with Gasteiger partial charge in [-0.05, 0) is 42.8 Å². The summed E-state index contributed by atoms with van der Waals surface area (Å²) in [5.74, 6) is 0. The molecule has 0 unspecified atom stereocenters. The van der Waals surface area contributed by atoms with Crippen molar-refractivity contribution >= 4 is 29.1 Å². The van der Waals surface area contributed by atoms with Gasteiger partial charge in [0.25, 0.3) is 5.69 Å². The Morgan fingerprint density at radius 2 is 1.79 bits per heavy atom. The van der Waals surface area contributed by atoms with Gasteiger partial charge in [-0.2, -0.15) is 0 Å². The fourth-order valence-electron chi connectivity index (χ4n) is 1.73. The van der Waals surface area contributed by atoms with E-state index in [1.165, 1.54) is 0 Å². The Balaban J connectivity index is 2.26. The fraction of sp³-hybridized carbons (Fsp3) is 0.143. The quantitative estimate of drug-likeness (QED) is 0.591. The minimum absolute atomic E-state index is 0.183. The van der Waals surface area contributed by atoms with E-state index < -0.39 is 0 Å². The molecule has 0 aliphatic rings. The Morgan fingerprint density at radius 1 is 1.16 bits per heavy atom. The van der Waals surface area contributed by atoms with Crippen molar-refractivity contribution in [1.29, 1.82) is 0 Å². The van der Waals surface area contributed by atoms with Crippen LogP contribution >= 0.6 is 23.4 Å². The molecule has 0 atom stereocenters. The van der Waals surface area contributed by atoms with E-state index in [2.05, 4.69) is 0 Å². The summed E-state index contributed by atoms with van der Waals surface area (Å²) in [7, 11) is 0. The third-order valence-corrected chi connectivity index (χ3v) is 3.93. The summed E-state index contributed by atoms with van der Waals surface area (Å²) in [6, 6.07) is 12.7. The molecule has 2 aromatic rings. The number of nitrogens with zero attached hydrogens (tertiary/aromatic N) is 1. The molecule has 0 aliphatic carbocycles. The normalized spacial score (nSPS) is 10.4. The number of halogens is 1. The topological polar surface area (TPSA) is 43.1 Å². The number of nitro groups is 1. The van der Waals surface area contributed by atoms with Crippen molar-refractivity contribution in [2.24, 2.45) is 0 Å². The van der Waals surface area contributed by atoms with Crippen LogP contribution in [0.15, 0.2) is 52.3 Å². The highest BCUT2D eigenvalue weighted by Gasteiger charge is 2.12. The van der Waals surface area contributed by atoms with Crippen LogP contribution in [0.2, 0.25) is 5.02 Å². The van der Waals surface area contributed by atoms with E-state index in [-0.39, 0.29) is 10.6 Å².